The van der Waals surface area contributed by atoms with E-state index in [1.165, 1.54) is 5.56 Å². The third-order valence-corrected chi connectivity index (χ3v) is 5.35. The van der Waals surface area contributed by atoms with Crippen molar-refractivity contribution >= 4 is 16.8 Å². The van der Waals surface area contributed by atoms with Crippen LogP contribution in [-0.2, 0) is 11.2 Å². The summed E-state index contributed by atoms with van der Waals surface area (Å²) in [6, 6.07) is 12.3. The number of fused-ring (bicyclic) bond motifs is 2. The van der Waals surface area contributed by atoms with Crippen molar-refractivity contribution in [3.05, 3.63) is 59.3 Å². The molecule has 2 aromatic carbocycles. The van der Waals surface area contributed by atoms with Crippen molar-refractivity contribution in [2.75, 3.05) is 13.3 Å². The predicted octanol–water partition coefficient (Wildman–Crippen LogP) is 4.51. The Morgan fingerprint density at radius 3 is 2.82 bits per heavy atom. The molecule has 1 amide bonds. The Hall–Kier alpha value is -2.95. The van der Waals surface area contributed by atoms with Crippen LogP contribution < -0.4 is 14.8 Å². The number of rotatable bonds is 7. The Bertz CT molecular complexity index is 993. The average Bonchev–Trinajstić information content (AvgIpc) is 3.37. The number of para-hydroxylation sites is 2. The molecule has 5 heteroatoms. The maximum Gasteiger partial charge on any atom is 0.231 e. The van der Waals surface area contributed by atoms with E-state index in [-0.39, 0.29) is 18.6 Å². The number of benzene rings is 2. The summed E-state index contributed by atoms with van der Waals surface area (Å²) in [6.45, 7) is 5.11. The number of amides is 1. The molecule has 0 saturated carbocycles. The standard InChI is InChI=1S/C23H26N2O3/c1-3-11-24-21(26)12-18(17-9-6-10-20-23(17)28-14-27-20)19-13-25-22-15(4-2)7-5-8-16(19)22/h5-10,13,18,25H,3-4,11-12,14H2,1-2H3,(H,24,26). The highest BCUT2D eigenvalue weighted by Crippen LogP contribution is 2.44. The van der Waals surface area contributed by atoms with Gasteiger partial charge in [0.15, 0.2) is 11.5 Å². The topological polar surface area (TPSA) is 63.4 Å². The van der Waals surface area contributed by atoms with E-state index in [0.29, 0.717) is 13.0 Å². The summed E-state index contributed by atoms with van der Waals surface area (Å²) >= 11 is 0. The Kier molecular flexibility index (Phi) is 5.24. The molecular formula is C23H26N2O3. The Morgan fingerprint density at radius 2 is 2.00 bits per heavy atom. The van der Waals surface area contributed by atoms with Crippen LogP contribution in [0, 0.1) is 0 Å². The van der Waals surface area contributed by atoms with Gasteiger partial charge in [0.05, 0.1) is 0 Å². The number of carbonyl (C=O) groups excluding carboxylic acids is 1. The first-order valence-electron chi connectivity index (χ1n) is 9.97. The lowest BCUT2D eigenvalue weighted by Gasteiger charge is -2.19. The third-order valence-electron chi connectivity index (χ3n) is 5.35. The van der Waals surface area contributed by atoms with Gasteiger partial charge in [0.1, 0.15) is 0 Å². The summed E-state index contributed by atoms with van der Waals surface area (Å²) in [4.78, 5) is 16.1. The third kappa shape index (κ3) is 3.33. The summed E-state index contributed by atoms with van der Waals surface area (Å²) in [5.74, 6) is 1.42. The zero-order valence-electron chi connectivity index (χ0n) is 16.4. The van der Waals surface area contributed by atoms with E-state index in [9.17, 15) is 4.79 Å². The summed E-state index contributed by atoms with van der Waals surface area (Å²) in [7, 11) is 0. The highest BCUT2D eigenvalue weighted by Gasteiger charge is 2.28. The first-order chi connectivity index (χ1) is 13.7. The summed E-state index contributed by atoms with van der Waals surface area (Å²) in [6.07, 6.45) is 4.28. The normalized spacial score (nSPS) is 13.6. The van der Waals surface area contributed by atoms with Gasteiger partial charge in [0, 0.05) is 41.5 Å². The van der Waals surface area contributed by atoms with E-state index in [1.807, 2.05) is 24.4 Å². The maximum absolute atomic E-state index is 12.6. The van der Waals surface area contributed by atoms with Crippen molar-refractivity contribution in [3.63, 3.8) is 0 Å². The molecule has 4 rings (SSSR count). The Labute approximate surface area is 165 Å². The van der Waals surface area contributed by atoms with Crippen molar-refractivity contribution in [1.82, 2.24) is 10.3 Å². The first kappa shape index (κ1) is 18.4. The Morgan fingerprint density at radius 1 is 1.14 bits per heavy atom. The molecule has 0 fully saturated rings. The zero-order chi connectivity index (χ0) is 19.5. The van der Waals surface area contributed by atoms with Gasteiger partial charge in [-0.2, -0.15) is 0 Å². The number of ether oxygens (including phenoxy) is 2. The highest BCUT2D eigenvalue weighted by molar-refractivity contribution is 5.88. The molecular weight excluding hydrogens is 352 g/mol. The molecule has 1 aliphatic rings. The summed E-state index contributed by atoms with van der Waals surface area (Å²) < 4.78 is 11.3. The molecule has 1 atom stereocenters. The van der Waals surface area contributed by atoms with Crippen molar-refractivity contribution in [2.45, 2.75) is 39.0 Å². The molecule has 2 heterocycles. The highest BCUT2D eigenvalue weighted by atomic mass is 16.7. The van der Waals surface area contributed by atoms with Crippen LogP contribution >= 0.6 is 0 Å². The van der Waals surface area contributed by atoms with Crippen LogP contribution in [0.3, 0.4) is 0 Å². The zero-order valence-corrected chi connectivity index (χ0v) is 16.4. The molecule has 5 nitrogen and oxygen atoms in total. The van der Waals surface area contributed by atoms with Crippen molar-refractivity contribution in [2.24, 2.45) is 0 Å². The van der Waals surface area contributed by atoms with Crippen LogP contribution in [0.1, 0.15) is 49.3 Å². The lowest BCUT2D eigenvalue weighted by Crippen LogP contribution is -2.26. The molecule has 28 heavy (non-hydrogen) atoms. The van der Waals surface area contributed by atoms with E-state index in [4.69, 9.17) is 9.47 Å². The maximum atomic E-state index is 12.6. The molecule has 0 spiro atoms. The second-order valence-electron chi connectivity index (χ2n) is 7.12. The van der Waals surface area contributed by atoms with Gasteiger partial charge in [-0.1, -0.05) is 44.2 Å². The van der Waals surface area contributed by atoms with Crippen molar-refractivity contribution in [3.8, 4) is 11.5 Å². The van der Waals surface area contributed by atoms with E-state index >= 15 is 0 Å². The van der Waals surface area contributed by atoms with E-state index in [0.717, 1.165) is 46.4 Å². The van der Waals surface area contributed by atoms with Gasteiger partial charge in [-0.3, -0.25) is 4.79 Å². The lowest BCUT2D eigenvalue weighted by atomic mass is 9.86. The predicted molar refractivity (Wildman–Crippen MR) is 110 cm³/mol. The first-order valence-corrected chi connectivity index (χ1v) is 9.97. The fourth-order valence-corrected chi connectivity index (χ4v) is 3.96. The molecule has 146 valence electrons. The quantitative estimate of drug-likeness (QED) is 0.636. The molecule has 0 aliphatic carbocycles. The van der Waals surface area contributed by atoms with Crippen LogP contribution in [0.2, 0.25) is 0 Å². The van der Waals surface area contributed by atoms with E-state index < -0.39 is 0 Å². The van der Waals surface area contributed by atoms with E-state index in [2.05, 4.69) is 42.3 Å². The van der Waals surface area contributed by atoms with Gasteiger partial charge in [0.2, 0.25) is 12.7 Å². The number of aryl methyl sites for hydroxylation is 1. The second-order valence-corrected chi connectivity index (χ2v) is 7.12. The SMILES string of the molecule is CCCNC(=O)CC(c1cccc2c1OCO2)c1c[nH]c2c(CC)cccc12. The number of aromatic nitrogens is 1. The molecule has 1 aromatic heterocycles. The monoisotopic (exact) mass is 378 g/mol. The van der Waals surface area contributed by atoms with Gasteiger partial charge in [-0.05, 0) is 30.0 Å². The van der Waals surface area contributed by atoms with Crippen molar-refractivity contribution < 1.29 is 14.3 Å². The Balaban J connectivity index is 1.80. The smallest absolute Gasteiger partial charge is 0.231 e. The van der Waals surface area contributed by atoms with Gasteiger partial charge in [-0.15, -0.1) is 0 Å². The van der Waals surface area contributed by atoms with Gasteiger partial charge in [0.25, 0.3) is 0 Å². The largest absolute Gasteiger partial charge is 0.454 e. The molecule has 0 bridgehead atoms. The molecule has 1 unspecified atom stereocenters. The van der Waals surface area contributed by atoms with Crippen LogP contribution in [-0.4, -0.2) is 24.2 Å². The van der Waals surface area contributed by atoms with Crippen LogP contribution in [0.4, 0.5) is 0 Å². The number of carbonyl (C=O) groups is 1. The minimum Gasteiger partial charge on any atom is -0.454 e. The summed E-state index contributed by atoms with van der Waals surface area (Å²) in [5, 5.41) is 4.17. The van der Waals surface area contributed by atoms with E-state index in [1.54, 1.807) is 0 Å². The number of H-pyrrole nitrogens is 1. The number of hydrogen-bond acceptors (Lipinski definition) is 3. The number of hydrogen-bond donors (Lipinski definition) is 2. The lowest BCUT2D eigenvalue weighted by molar-refractivity contribution is -0.121. The van der Waals surface area contributed by atoms with Crippen molar-refractivity contribution in [1.29, 1.82) is 0 Å². The second kappa shape index (κ2) is 7.97. The fourth-order valence-electron chi connectivity index (χ4n) is 3.96. The van der Waals surface area contributed by atoms with Gasteiger partial charge >= 0.3 is 0 Å². The molecule has 2 N–H and O–H groups in total. The molecule has 0 saturated heterocycles. The molecule has 3 aromatic rings. The average molecular weight is 378 g/mol. The summed E-state index contributed by atoms with van der Waals surface area (Å²) in [5.41, 5.74) is 4.52. The minimum atomic E-state index is -0.116. The van der Waals surface area contributed by atoms with Crippen LogP contribution in [0.5, 0.6) is 11.5 Å². The van der Waals surface area contributed by atoms with Crippen LogP contribution in [0.25, 0.3) is 10.9 Å². The number of aromatic amines is 1. The number of nitrogens with one attached hydrogen (secondary N) is 2. The van der Waals surface area contributed by atoms with Crippen LogP contribution in [0.15, 0.2) is 42.6 Å². The van der Waals surface area contributed by atoms with Gasteiger partial charge in [-0.25, -0.2) is 0 Å². The minimum absolute atomic E-state index is 0.0457. The van der Waals surface area contributed by atoms with Gasteiger partial charge < -0.3 is 19.8 Å². The molecule has 0 radical (unpaired) electrons. The fraction of sp³-hybridized carbons (Fsp3) is 0.348. The molecule has 1 aliphatic heterocycles.